The highest BCUT2D eigenvalue weighted by Gasteiger charge is 2.07. The predicted molar refractivity (Wildman–Crippen MR) is 57.2 cm³/mol. The van der Waals surface area contributed by atoms with E-state index < -0.39 is 0 Å². The maximum absolute atomic E-state index is 12.9. The summed E-state index contributed by atoms with van der Waals surface area (Å²) in [6.45, 7) is 2.01. The monoisotopic (exact) mass is 206 g/mol. The molecule has 3 N–H and O–H groups in total. The molecule has 0 aliphatic heterocycles. The minimum absolute atomic E-state index is 0.189. The van der Waals surface area contributed by atoms with Crippen LogP contribution in [0.15, 0.2) is 23.0 Å². The summed E-state index contributed by atoms with van der Waals surface area (Å²) in [6, 6.07) is 4.33. The lowest BCUT2D eigenvalue weighted by Crippen LogP contribution is -2.18. The van der Waals surface area contributed by atoms with Crippen molar-refractivity contribution in [3.05, 3.63) is 45.5 Å². The Morgan fingerprint density at radius 1 is 1.47 bits per heavy atom. The van der Waals surface area contributed by atoms with Crippen LogP contribution in [0.3, 0.4) is 0 Å². The van der Waals surface area contributed by atoms with Gasteiger partial charge < -0.3 is 10.7 Å². The molecule has 1 aromatic heterocycles. The Bertz CT molecular complexity index is 575. The number of halogens is 1. The fourth-order valence-electron chi connectivity index (χ4n) is 1.72. The molecule has 0 saturated heterocycles. The average molecular weight is 206 g/mol. The number of nitrogens with one attached hydrogen (secondary N) is 1. The van der Waals surface area contributed by atoms with Crippen LogP contribution in [-0.4, -0.2) is 4.98 Å². The van der Waals surface area contributed by atoms with E-state index in [1.54, 1.807) is 6.07 Å². The first kappa shape index (κ1) is 9.86. The summed E-state index contributed by atoms with van der Waals surface area (Å²) in [5.74, 6) is -0.363. The SMILES string of the molecule is Cc1c(CN)c(=O)[nH]c2cc(F)ccc12. The second kappa shape index (κ2) is 3.47. The number of fused-ring (bicyclic) bond motifs is 1. The number of nitrogens with two attached hydrogens (primary N) is 1. The van der Waals surface area contributed by atoms with Crippen molar-refractivity contribution in [2.45, 2.75) is 13.5 Å². The number of hydrogen-bond donors (Lipinski definition) is 2. The fraction of sp³-hybridized carbons (Fsp3) is 0.182. The summed E-state index contributed by atoms with van der Waals surface area (Å²) < 4.78 is 12.9. The summed E-state index contributed by atoms with van der Waals surface area (Å²) in [5, 5.41) is 0.830. The molecule has 0 aliphatic rings. The molecule has 4 heteroatoms. The topological polar surface area (TPSA) is 58.9 Å². The Labute approximate surface area is 85.7 Å². The number of pyridine rings is 1. The van der Waals surface area contributed by atoms with Gasteiger partial charge in [-0.05, 0) is 30.7 Å². The molecule has 78 valence electrons. The van der Waals surface area contributed by atoms with Gasteiger partial charge in [-0.3, -0.25) is 4.79 Å². The minimum atomic E-state index is -0.363. The van der Waals surface area contributed by atoms with Gasteiger partial charge in [0.15, 0.2) is 0 Å². The zero-order valence-corrected chi connectivity index (χ0v) is 8.30. The highest BCUT2D eigenvalue weighted by atomic mass is 19.1. The fourth-order valence-corrected chi connectivity index (χ4v) is 1.72. The lowest BCUT2D eigenvalue weighted by molar-refractivity contribution is 0.629. The first-order chi connectivity index (χ1) is 7.13. The standard InChI is InChI=1S/C11H11FN2O/c1-6-8-3-2-7(12)4-10(8)14-11(15)9(6)5-13/h2-4H,5,13H2,1H3,(H,14,15). The van der Waals surface area contributed by atoms with Crippen molar-refractivity contribution in [2.24, 2.45) is 5.73 Å². The van der Waals surface area contributed by atoms with Crippen LogP contribution in [0.25, 0.3) is 10.9 Å². The number of hydrogen-bond acceptors (Lipinski definition) is 2. The van der Waals surface area contributed by atoms with Crippen LogP contribution in [0, 0.1) is 12.7 Å². The Kier molecular flexibility index (Phi) is 2.28. The van der Waals surface area contributed by atoms with Crippen molar-refractivity contribution in [1.82, 2.24) is 4.98 Å². The largest absolute Gasteiger partial charge is 0.326 e. The molecule has 15 heavy (non-hydrogen) atoms. The molecule has 1 heterocycles. The van der Waals surface area contributed by atoms with Gasteiger partial charge in [-0.15, -0.1) is 0 Å². The van der Waals surface area contributed by atoms with E-state index in [-0.39, 0.29) is 17.9 Å². The number of aryl methyl sites for hydroxylation is 1. The Morgan fingerprint density at radius 3 is 2.87 bits per heavy atom. The average Bonchev–Trinajstić information content (AvgIpc) is 2.17. The van der Waals surface area contributed by atoms with E-state index in [4.69, 9.17) is 5.73 Å². The molecule has 1 aromatic carbocycles. The van der Waals surface area contributed by atoms with Gasteiger partial charge in [0.1, 0.15) is 5.82 Å². The van der Waals surface area contributed by atoms with Crippen molar-refractivity contribution in [3.8, 4) is 0 Å². The van der Waals surface area contributed by atoms with Crippen molar-refractivity contribution >= 4 is 10.9 Å². The molecule has 0 saturated carbocycles. The number of aromatic amines is 1. The number of H-pyrrole nitrogens is 1. The predicted octanol–water partition coefficient (Wildman–Crippen LogP) is 1.43. The molecule has 0 spiro atoms. The Morgan fingerprint density at radius 2 is 2.20 bits per heavy atom. The van der Waals surface area contributed by atoms with Crippen molar-refractivity contribution in [3.63, 3.8) is 0 Å². The lowest BCUT2D eigenvalue weighted by Gasteiger charge is -2.06. The van der Waals surface area contributed by atoms with Gasteiger partial charge in [0.25, 0.3) is 5.56 Å². The molecule has 0 radical (unpaired) electrons. The summed E-state index contributed by atoms with van der Waals surface area (Å²) in [6.07, 6.45) is 0. The third-order valence-electron chi connectivity index (χ3n) is 2.56. The molecule has 0 aliphatic carbocycles. The maximum atomic E-state index is 12.9. The molecule has 0 bridgehead atoms. The third-order valence-corrected chi connectivity index (χ3v) is 2.56. The normalized spacial score (nSPS) is 10.9. The molecule has 0 unspecified atom stereocenters. The summed E-state index contributed by atoms with van der Waals surface area (Å²) in [5.41, 5.74) is 7.11. The summed E-state index contributed by atoms with van der Waals surface area (Å²) >= 11 is 0. The zero-order chi connectivity index (χ0) is 11.0. The van der Waals surface area contributed by atoms with Crippen molar-refractivity contribution in [2.75, 3.05) is 0 Å². The van der Waals surface area contributed by atoms with Crippen molar-refractivity contribution < 1.29 is 4.39 Å². The molecule has 2 rings (SSSR count). The second-order valence-electron chi connectivity index (χ2n) is 3.45. The Hall–Kier alpha value is -1.68. The highest BCUT2D eigenvalue weighted by Crippen LogP contribution is 2.17. The van der Waals surface area contributed by atoms with Crippen molar-refractivity contribution in [1.29, 1.82) is 0 Å². The quantitative estimate of drug-likeness (QED) is 0.741. The first-order valence-corrected chi connectivity index (χ1v) is 4.64. The number of benzene rings is 1. The number of aromatic nitrogens is 1. The molecule has 0 amide bonds. The van der Waals surface area contributed by atoms with Crippen LogP contribution >= 0.6 is 0 Å². The highest BCUT2D eigenvalue weighted by molar-refractivity contribution is 5.82. The van der Waals surface area contributed by atoms with Gasteiger partial charge in [0.05, 0.1) is 5.52 Å². The number of rotatable bonds is 1. The van der Waals surface area contributed by atoms with Crippen LogP contribution in [0.2, 0.25) is 0 Å². The minimum Gasteiger partial charge on any atom is -0.326 e. The molecular formula is C11H11FN2O. The van der Waals surface area contributed by atoms with E-state index in [0.717, 1.165) is 10.9 Å². The molecular weight excluding hydrogens is 195 g/mol. The van der Waals surface area contributed by atoms with E-state index in [1.807, 2.05) is 6.92 Å². The second-order valence-corrected chi connectivity index (χ2v) is 3.45. The first-order valence-electron chi connectivity index (χ1n) is 4.64. The van der Waals surface area contributed by atoms with E-state index in [2.05, 4.69) is 4.98 Å². The van der Waals surface area contributed by atoms with E-state index >= 15 is 0 Å². The van der Waals surface area contributed by atoms with Gasteiger partial charge in [-0.2, -0.15) is 0 Å². The van der Waals surface area contributed by atoms with Gasteiger partial charge in [0.2, 0.25) is 0 Å². The molecule has 3 nitrogen and oxygen atoms in total. The van der Waals surface area contributed by atoms with E-state index in [9.17, 15) is 9.18 Å². The summed E-state index contributed by atoms with van der Waals surface area (Å²) in [4.78, 5) is 14.2. The van der Waals surface area contributed by atoms with Crippen LogP contribution < -0.4 is 11.3 Å². The molecule has 0 atom stereocenters. The van der Waals surface area contributed by atoms with Crippen LogP contribution in [-0.2, 0) is 6.54 Å². The van der Waals surface area contributed by atoms with Gasteiger partial charge in [-0.25, -0.2) is 4.39 Å². The molecule has 2 aromatic rings. The van der Waals surface area contributed by atoms with Gasteiger partial charge >= 0.3 is 0 Å². The van der Waals surface area contributed by atoms with Crippen LogP contribution in [0.1, 0.15) is 11.1 Å². The maximum Gasteiger partial charge on any atom is 0.253 e. The van der Waals surface area contributed by atoms with Gasteiger partial charge in [-0.1, -0.05) is 0 Å². The third kappa shape index (κ3) is 1.53. The Balaban J connectivity index is 2.91. The lowest BCUT2D eigenvalue weighted by atomic mass is 10.0. The van der Waals surface area contributed by atoms with Crippen LogP contribution in [0.5, 0.6) is 0 Å². The van der Waals surface area contributed by atoms with E-state index in [1.165, 1.54) is 12.1 Å². The zero-order valence-electron chi connectivity index (χ0n) is 8.30. The van der Waals surface area contributed by atoms with E-state index in [0.29, 0.717) is 11.1 Å². The van der Waals surface area contributed by atoms with Crippen LogP contribution in [0.4, 0.5) is 4.39 Å². The van der Waals surface area contributed by atoms with Gasteiger partial charge in [0, 0.05) is 17.5 Å². The summed E-state index contributed by atoms with van der Waals surface area (Å²) in [7, 11) is 0. The smallest absolute Gasteiger partial charge is 0.253 e. The molecule has 0 fully saturated rings.